The normalized spacial score (nSPS) is 21.9. The first-order valence-electron chi connectivity index (χ1n) is 7.03. The minimum atomic E-state index is -0.426. The Kier molecular flexibility index (Phi) is 4.80. The summed E-state index contributed by atoms with van der Waals surface area (Å²) in [6.45, 7) is 4.98. The van der Waals surface area contributed by atoms with Crippen LogP contribution >= 0.6 is 0 Å². The Bertz CT molecular complexity index is 523. The van der Waals surface area contributed by atoms with Gasteiger partial charge in [-0.05, 0) is 25.5 Å². The van der Waals surface area contributed by atoms with E-state index in [1.54, 1.807) is 17.0 Å². The first-order chi connectivity index (χ1) is 9.95. The zero-order chi connectivity index (χ0) is 15.4. The number of nitrogens with zero attached hydrogens (tertiary/aromatic N) is 1. The highest BCUT2D eigenvalue weighted by Crippen LogP contribution is 2.18. The number of morpholine rings is 1. The van der Waals surface area contributed by atoms with E-state index in [0.717, 1.165) is 0 Å². The van der Waals surface area contributed by atoms with Gasteiger partial charge in [0.15, 0.2) is 0 Å². The molecule has 2 rings (SSSR count). The van der Waals surface area contributed by atoms with Gasteiger partial charge in [-0.1, -0.05) is 18.2 Å². The van der Waals surface area contributed by atoms with Gasteiger partial charge in [0.2, 0.25) is 5.91 Å². The van der Waals surface area contributed by atoms with Gasteiger partial charge in [-0.25, -0.2) is 4.79 Å². The van der Waals surface area contributed by atoms with E-state index >= 15 is 0 Å². The fraction of sp³-hybridized carbons (Fsp3) is 0.467. The Hall–Kier alpha value is -2.08. The van der Waals surface area contributed by atoms with Crippen LogP contribution in [0.5, 0.6) is 0 Å². The van der Waals surface area contributed by atoms with Crippen LogP contribution in [-0.4, -0.2) is 42.1 Å². The molecule has 0 radical (unpaired) electrons. The van der Waals surface area contributed by atoms with Crippen LogP contribution in [0.25, 0.3) is 0 Å². The highest BCUT2D eigenvalue weighted by Gasteiger charge is 2.26. The summed E-state index contributed by atoms with van der Waals surface area (Å²) >= 11 is 0. The molecule has 6 nitrogen and oxygen atoms in total. The average molecular weight is 291 g/mol. The van der Waals surface area contributed by atoms with Gasteiger partial charge in [-0.2, -0.15) is 0 Å². The number of anilines is 1. The van der Waals surface area contributed by atoms with Gasteiger partial charge < -0.3 is 20.7 Å². The molecule has 0 bridgehead atoms. The third-order valence-electron chi connectivity index (χ3n) is 3.33. The van der Waals surface area contributed by atoms with Crippen LogP contribution in [-0.2, 0) is 16.0 Å². The third-order valence-corrected chi connectivity index (χ3v) is 3.33. The maximum Gasteiger partial charge on any atom is 0.322 e. The molecule has 1 fully saturated rings. The molecule has 1 heterocycles. The van der Waals surface area contributed by atoms with E-state index < -0.39 is 5.91 Å². The van der Waals surface area contributed by atoms with E-state index in [9.17, 15) is 9.59 Å². The molecular weight excluding hydrogens is 270 g/mol. The number of nitrogens with one attached hydrogen (secondary N) is 1. The highest BCUT2D eigenvalue weighted by atomic mass is 16.5. The third kappa shape index (κ3) is 4.19. The molecule has 0 aliphatic carbocycles. The number of benzene rings is 1. The van der Waals surface area contributed by atoms with Crippen molar-refractivity contribution >= 4 is 17.6 Å². The molecule has 3 amide bonds. The molecule has 1 saturated heterocycles. The molecule has 0 saturated carbocycles. The number of nitrogens with two attached hydrogens (primary N) is 1. The number of hydrogen-bond acceptors (Lipinski definition) is 3. The number of ether oxygens (including phenoxy) is 1. The molecule has 1 aliphatic rings. The second kappa shape index (κ2) is 6.58. The molecule has 114 valence electrons. The lowest BCUT2D eigenvalue weighted by Crippen LogP contribution is -2.49. The molecule has 0 aromatic heterocycles. The summed E-state index contributed by atoms with van der Waals surface area (Å²) in [4.78, 5) is 25.1. The van der Waals surface area contributed by atoms with E-state index in [1.807, 2.05) is 26.0 Å². The van der Waals surface area contributed by atoms with Crippen molar-refractivity contribution in [3.05, 3.63) is 29.8 Å². The zero-order valence-corrected chi connectivity index (χ0v) is 12.3. The van der Waals surface area contributed by atoms with E-state index in [-0.39, 0.29) is 24.7 Å². The molecule has 1 aromatic carbocycles. The van der Waals surface area contributed by atoms with Crippen LogP contribution in [0, 0.1) is 0 Å². The van der Waals surface area contributed by atoms with Crippen molar-refractivity contribution in [1.29, 1.82) is 0 Å². The second-order valence-electron chi connectivity index (χ2n) is 5.39. The Labute approximate surface area is 124 Å². The zero-order valence-electron chi connectivity index (χ0n) is 12.3. The molecule has 3 N–H and O–H groups in total. The number of urea groups is 1. The number of carbonyl (C=O) groups excluding carboxylic acids is 2. The van der Waals surface area contributed by atoms with Crippen LogP contribution in [0.1, 0.15) is 19.4 Å². The summed E-state index contributed by atoms with van der Waals surface area (Å²) in [6, 6.07) is 6.99. The van der Waals surface area contributed by atoms with E-state index in [2.05, 4.69) is 5.32 Å². The molecule has 1 aliphatic heterocycles. The van der Waals surface area contributed by atoms with Crippen molar-refractivity contribution in [2.75, 3.05) is 18.4 Å². The second-order valence-corrected chi connectivity index (χ2v) is 5.39. The van der Waals surface area contributed by atoms with E-state index in [4.69, 9.17) is 10.5 Å². The van der Waals surface area contributed by atoms with Crippen molar-refractivity contribution < 1.29 is 14.3 Å². The predicted octanol–water partition coefficient (Wildman–Crippen LogP) is 1.36. The molecule has 0 spiro atoms. The minimum absolute atomic E-state index is 0.0142. The number of para-hydroxylation sites is 1. The quantitative estimate of drug-likeness (QED) is 0.881. The summed E-state index contributed by atoms with van der Waals surface area (Å²) in [5, 5.41) is 2.85. The molecule has 6 heteroatoms. The number of rotatable bonds is 3. The number of carbonyl (C=O) groups is 2. The van der Waals surface area contributed by atoms with Gasteiger partial charge in [0.25, 0.3) is 0 Å². The lowest BCUT2D eigenvalue weighted by atomic mass is 10.1. The summed E-state index contributed by atoms with van der Waals surface area (Å²) in [7, 11) is 0. The van der Waals surface area contributed by atoms with Crippen molar-refractivity contribution in [2.24, 2.45) is 5.73 Å². The predicted molar refractivity (Wildman–Crippen MR) is 79.9 cm³/mol. The number of hydrogen-bond donors (Lipinski definition) is 2. The van der Waals surface area contributed by atoms with Crippen LogP contribution < -0.4 is 11.1 Å². The monoisotopic (exact) mass is 291 g/mol. The molecule has 21 heavy (non-hydrogen) atoms. The van der Waals surface area contributed by atoms with Gasteiger partial charge in [0.1, 0.15) is 0 Å². The van der Waals surface area contributed by atoms with Crippen LogP contribution in [0.2, 0.25) is 0 Å². The first-order valence-corrected chi connectivity index (χ1v) is 7.03. The maximum absolute atomic E-state index is 12.3. The average Bonchev–Trinajstić information content (AvgIpc) is 2.39. The van der Waals surface area contributed by atoms with E-state index in [0.29, 0.717) is 24.3 Å². The Morgan fingerprint density at radius 1 is 1.29 bits per heavy atom. The highest BCUT2D eigenvalue weighted by molar-refractivity contribution is 5.91. The van der Waals surface area contributed by atoms with Crippen LogP contribution in [0.4, 0.5) is 10.5 Å². The Morgan fingerprint density at radius 2 is 1.90 bits per heavy atom. The van der Waals surface area contributed by atoms with Crippen molar-refractivity contribution in [1.82, 2.24) is 4.90 Å². The molecule has 1 aromatic rings. The minimum Gasteiger partial charge on any atom is -0.372 e. The lowest BCUT2D eigenvalue weighted by molar-refractivity contribution is -0.117. The summed E-state index contributed by atoms with van der Waals surface area (Å²) < 4.78 is 5.61. The topological polar surface area (TPSA) is 84.7 Å². The van der Waals surface area contributed by atoms with Crippen LogP contribution in [0.3, 0.4) is 0 Å². The molecule has 0 unspecified atom stereocenters. The van der Waals surface area contributed by atoms with Crippen molar-refractivity contribution in [3.8, 4) is 0 Å². The first kappa shape index (κ1) is 15.3. The molecule has 2 atom stereocenters. The maximum atomic E-state index is 12.3. The largest absolute Gasteiger partial charge is 0.372 e. The summed E-state index contributed by atoms with van der Waals surface area (Å²) in [6.07, 6.45) is 0.132. The summed E-state index contributed by atoms with van der Waals surface area (Å²) in [5.41, 5.74) is 6.56. The SMILES string of the molecule is C[C@H]1CN(C(=O)Nc2ccccc2CC(N)=O)C[C@H](C)O1. The van der Waals surface area contributed by atoms with Gasteiger partial charge in [-0.3, -0.25) is 4.79 Å². The van der Waals surface area contributed by atoms with E-state index in [1.165, 1.54) is 0 Å². The lowest BCUT2D eigenvalue weighted by Gasteiger charge is -2.35. The Morgan fingerprint density at radius 3 is 2.52 bits per heavy atom. The molecular formula is C15H21N3O3. The fourth-order valence-electron chi connectivity index (χ4n) is 2.52. The fourth-order valence-corrected chi connectivity index (χ4v) is 2.52. The van der Waals surface area contributed by atoms with Crippen molar-refractivity contribution in [2.45, 2.75) is 32.5 Å². The van der Waals surface area contributed by atoms with Gasteiger partial charge >= 0.3 is 6.03 Å². The Balaban J connectivity index is 2.07. The smallest absolute Gasteiger partial charge is 0.322 e. The van der Waals surface area contributed by atoms with Gasteiger partial charge in [0, 0.05) is 18.8 Å². The standard InChI is InChI=1S/C15H21N3O3/c1-10-8-18(9-11(2)21-10)15(20)17-13-6-4-3-5-12(13)7-14(16)19/h3-6,10-11H,7-9H2,1-2H3,(H2,16,19)(H,17,20)/t10-,11-/m0/s1. The van der Waals surface area contributed by atoms with Gasteiger partial charge in [0.05, 0.1) is 18.6 Å². The van der Waals surface area contributed by atoms with Crippen LogP contribution in [0.15, 0.2) is 24.3 Å². The van der Waals surface area contributed by atoms with Gasteiger partial charge in [-0.15, -0.1) is 0 Å². The number of primary amides is 1. The van der Waals surface area contributed by atoms with Crippen molar-refractivity contribution in [3.63, 3.8) is 0 Å². The number of amides is 3. The summed E-state index contributed by atoms with van der Waals surface area (Å²) in [5.74, 6) is -0.426.